The van der Waals surface area contributed by atoms with Crippen LogP contribution in [0.3, 0.4) is 0 Å². The van der Waals surface area contributed by atoms with Crippen LogP contribution in [-0.2, 0) is 16.4 Å². The van der Waals surface area contributed by atoms with Gasteiger partial charge >= 0.3 is 0 Å². The van der Waals surface area contributed by atoms with Crippen LogP contribution in [0.2, 0.25) is 0 Å². The molecule has 1 atom stereocenters. The van der Waals surface area contributed by atoms with E-state index in [2.05, 4.69) is 0 Å². The Morgan fingerprint density at radius 1 is 1.04 bits per heavy atom. The molecule has 0 unspecified atom stereocenters. The summed E-state index contributed by atoms with van der Waals surface area (Å²) in [6.07, 6.45) is 0.711. The molecule has 3 rings (SSSR count). The lowest BCUT2D eigenvalue weighted by atomic mass is 10.1. The minimum Gasteiger partial charge on any atom is -0.493 e. The zero-order valence-corrected chi connectivity index (χ0v) is 14.1. The molecule has 1 aliphatic rings. The minimum atomic E-state index is -3.66. The second-order valence-electron chi connectivity index (χ2n) is 5.50. The number of ether oxygens (including phenoxy) is 2. The van der Waals surface area contributed by atoms with Gasteiger partial charge in [0, 0.05) is 12.1 Å². The molecule has 0 fully saturated rings. The van der Waals surface area contributed by atoms with Crippen molar-refractivity contribution in [3.8, 4) is 11.5 Å². The monoisotopic (exact) mass is 333 g/mol. The first-order valence-electron chi connectivity index (χ1n) is 7.33. The molecular weight excluding hydrogens is 314 g/mol. The number of hydrogen-bond acceptors (Lipinski definition) is 4. The number of anilines is 1. The van der Waals surface area contributed by atoms with Gasteiger partial charge in [0.25, 0.3) is 10.0 Å². The van der Waals surface area contributed by atoms with Crippen molar-refractivity contribution in [1.29, 1.82) is 0 Å². The second-order valence-corrected chi connectivity index (χ2v) is 7.31. The van der Waals surface area contributed by atoms with Gasteiger partial charge in [0.15, 0.2) is 11.5 Å². The van der Waals surface area contributed by atoms with Crippen molar-refractivity contribution >= 4 is 15.7 Å². The third-order valence-corrected chi connectivity index (χ3v) is 5.98. The topological polar surface area (TPSA) is 55.8 Å². The van der Waals surface area contributed by atoms with E-state index in [4.69, 9.17) is 9.47 Å². The van der Waals surface area contributed by atoms with E-state index in [1.165, 1.54) is 24.6 Å². The maximum atomic E-state index is 13.1. The molecule has 23 heavy (non-hydrogen) atoms. The van der Waals surface area contributed by atoms with Gasteiger partial charge in [-0.25, -0.2) is 8.42 Å². The number of para-hydroxylation sites is 1. The molecule has 0 aliphatic carbocycles. The highest BCUT2D eigenvalue weighted by atomic mass is 32.2. The average Bonchev–Trinajstić information content (AvgIpc) is 2.90. The van der Waals surface area contributed by atoms with Crippen LogP contribution < -0.4 is 13.8 Å². The molecule has 122 valence electrons. The average molecular weight is 333 g/mol. The molecule has 1 heterocycles. The largest absolute Gasteiger partial charge is 0.493 e. The molecule has 0 saturated carbocycles. The fourth-order valence-electron chi connectivity index (χ4n) is 2.99. The van der Waals surface area contributed by atoms with E-state index in [-0.39, 0.29) is 10.9 Å². The lowest BCUT2D eigenvalue weighted by Gasteiger charge is -2.24. The van der Waals surface area contributed by atoms with Gasteiger partial charge in [-0.2, -0.15) is 0 Å². The zero-order chi connectivity index (χ0) is 16.6. The van der Waals surface area contributed by atoms with Gasteiger partial charge in [-0.05, 0) is 37.1 Å². The number of benzene rings is 2. The molecule has 0 radical (unpaired) electrons. The van der Waals surface area contributed by atoms with E-state index < -0.39 is 10.0 Å². The van der Waals surface area contributed by atoms with Crippen molar-refractivity contribution in [2.75, 3.05) is 18.5 Å². The molecule has 0 bridgehead atoms. The zero-order valence-electron chi connectivity index (χ0n) is 13.3. The fraction of sp³-hybridized carbons (Fsp3) is 0.294. The van der Waals surface area contributed by atoms with Gasteiger partial charge < -0.3 is 9.47 Å². The highest BCUT2D eigenvalue weighted by Crippen LogP contribution is 2.38. The molecule has 5 nitrogen and oxygen atoms in total. The standard InChI is InChI=1S/C17H19NO4S/c1-12-10-13-6-4-5-7-15(13)18(12)23(19,20)14-8-9-16(21-2)17(11-14)22-3/h4-9,11-12H,10H2,1-3H3/t12-/m1/s1. The first kappa shape index (κ1) is 15.7. The van der Waals surface area contributed by atoms with Crippen LogP contribution in [0.25, 0.3) is 0 Å². The summed E-state index contributed by atoms with van der Waals surface area (Å²) in [4.78, 5) is 0.193. The summed E-state index contributed by atoms with van der Waals surface area (Å²) in [7, 11) is -0.654. The van der Waals surface area contributed by atoms with Crippen molar-refractivity contribution in [2.24, 2.45) is 0 Å². The number of rotatable bonds is 4. The Kier molecular flexibility index (Phi) is 3.93. The summed E-state index contributed by atoms with van der Waals surface area (Å²) in [5, 5.41) is 0. The molecule has 2 aromatic carbocycles. The molecule has 0 aromatic heterocycles. The summed E-state index contributed by atoms with van der Waals surface area (Å²) in [6, 6.07) is 12.1. The van der Waals surface area contributed by atoms with Crippen LogP contribution in [0.5, 0.6) is 11.5 Å². The van der Waals surface area contributed by atoms with Crippen LogP contribution in [0, 0.1) is 0 Å². The van der Waals surface area contributed by atoms with Gasteiger partial charge in [0.1, 0.15) is 0 Å². The summed E-state index contributed by atoms with van der Waals surface area (Å²) < 4.78 is 38.1. The summed E-state index contributed by atoms with van der Waals surface area (Å²) in [6.45, 7) is 1.91. The van der Waals surface area contributed by atoms with E-state index in [9.17, 15) is 8.42 Å². The van der Waals surface area contributed by atoms with Crippen LogP contribution in [0.1, 0.15) is 12.5 Å². The Balaban J connectivity index is 2.09. The van der Waals surface area contributed by atoms with E-state index in [1.807, 2.05) is 31.2 Å². The second kappa shape index (κ2) is 5.77. The first-order chi connectivity index (χ1) is 11.0. The molecule has 0 N–H and O–H groups in total. The molecule has 0 amide bonds. The molecular formula is C17H19NO4S. The third kappa shape index (κ3) is 2.53. The van der Waals surface area contributed by atoms with Crippen molar-refractivity contribution in [1.82, 2.24) is 0 Å². The van der Waals surface area contributed by atoms with Crippen LogP contribution in [0.15, 0.2) is 47.4 Å². The van der Waals surface area contributed by atoms with E-state index in [1.54, 1.807) is 12.1 Å². The van der Waals surface area contributed by atoms with Crippen LogP contribution >= 0.6 is 0 Å². The Hall–Kier alpha value is -2.21. The highest BCUT2D eigenvalue weighted by molar-refractivity contribution is 7.92. The van der Waals surface area contributed by atoms with E-state index >= 15 is 0 Å². The van der Waals surface area contributed by atoms with E-state index in [0.29, 0.717) is 17.9 Å². The quantitative estimate of drug-likeness (QED) is 0.863. The van der Waals surface area contributed by atoms with Crippen molar-refractivity contribution in [3.05, 3.63) is 48.0 Å². The number of nitrogens with zero attached hydrogens (tertiary/aromatic N) is 1. The summed E-state index contributed by atoms with van der Waals surface area (Å²) in [5.41, 5.74) is 1.79. The Labute approximate surface area is 136 Å². The summed E-state index contributed by atoms with van der Waals surface area (Å²) >= 11 is 0. The smallest absolute Gasteiger partial charge is 0.264 e. The Morgan fingerprint density at radius 3 is 2.43 bits per heavy atom. The van der Waals surface area contributed by atoms with Crippen LogP contribution in [-0.4, -0.2) is 28.7 Å². The Morgan fingerprint density at radius 2 is 1.74 bits per heavy atom. The van der Waals surface area contributed by atoms with Gasteiger partial charge in [0.2, 0.25) is 0 Å². The Bertz CT molecular complexity index is 832. The van der Waals surface area contributed by atoms with Gasteiger partial charge in [-0.1, -0.05) is 18.2 Å². The van der Waals surface area contributed by atoms with Crippen molar-refractivity contribution in [2.45, 2.75) is 24.3 Å². The first-order valence-corrected chi connectivity index (χ1v) is 8.77. The van der Waals surface area contributed by atoms with Gasteiger partial charge in [-0.15, -0.1) is 0 Å². The normalized spacial score (nSPS) is 17.0. The van der Waals surface area contributed by atoms with Crippen LogP contribution in [0.4, 0.5) is 5.69 Å². The maximum Gasteiger partial charge on any atom is 0.264 e. The summed E-state index contributed by atoms with van der Waals surface area (Å²) in [5.74, 6) is 0.898. The molecule has 6 heteroatoms. The molecule has 2 aromatic rings. The lowest BCUT2D eigenvalue weighted by Crippen LogP contribution is -2.35. The predicted octanol–water partition coefficient (Wildman–Crippen LogP) is 2.84. The highest BCUT2D eigenvalue weighted by Gasteiger charge is 2.36. The van der Waals surface area contributed by atoms with Crippen molar-refractivity contribution in [3.63, 3.8) is 0 Å². The number of methoxy groups -OCH3 is 2. The number of sulfonamides is 1. The number of hydrogen-bond donors (Lipinski definition) is 0. The fourth-order valence-corrected chi connectivity index (χ4v) is 4.70. The lowest BCUT2D eigenvalue weighted by molar-refractivity contribution is 0.354. The molecule has 0 spiro atoms. The SMILES string of the molecule is COc1ccc(S(=O)(=O)N2c3ccccc3C[C@H]2C)cc1OC. The number of fused-ring (bicyclic) bond motifs is 1. The van der Waals surface area contributed by atoms with Crippen molar-refractivity contribution < 1.29 is 17.9 Å². The van der Waals surface area contributed by atoms with Gasteiger partial charge in [-0.3, -0.25) is 4.31 Å². The predicted molar refractivity (Wildman–Crippen MR) is 88.8 cm³/mol. The van der Waals surface area contributed by atoms with E-state index in [0.717, 1.165) is 11.3 Å². The minimum absolute atomic E-state index is 0.120. The molecule has 1 aliphatic heterocycles. The third-order valence-electron chi connectivity index (χ3n) is 4.06. The maximum absolute atomic E-state index is 13.1. The van der Waals surface area contributed by atoms with Gasteiger partial charge in [0.05, 0.1) is 24.8 Å². The molecule has 0 saturated heterocycles.